The zero-order chi connectivity index (χ0) is 15.0. The van der Waals surface area contributed by atoms with E-state index < -0.39 is 11.8 Å². The van der Waals surface area contributed by atoms with Crippen LogP contribution in [-0.4, -0.2) is 42.4 Å². The van der Waals surface area contributed by atoms with Gasteiger partial charge in [0, 0.05) is 25.7 Å². The van der Waals surface area contributed by atoms with E-state index in [0.717, 1.165) is 32.1 Å². The van der Waals surface area contributed by atoms with Crippen LogP contribution in [0, 0.1) is 5.41 Å². The van der Waals surface area contributed by atoms with Crippen LogP contribution in [0.4, 0.5) is 13.2 Å². The standard InChI is InChI=1S/C15H26F3NO/c1-4-13(3)8-6-12(7-9-13)19-10-14(11-19,20-5-2)15(16,17)18/h12H,4-11H2,1-3H3. The van der Waals surface area contributed by atoms with Crippen molar-refractivity contribution in [1.29, 1.82) is 0 Å². The summed E-state index contributed by atoms with van der Waals surface area (Å²) in [6, 6.07) is 0.311. The molecule has 1 saturated carbocycles. The lowest BCUT2D eigenvalue weighted by atomic mass is 9.71. The molecular weight excluding hydrogens is 267 g/mol. The summed E-state index contributed by atoms with van der Waals surface area (Å²) >= 11 is 0. The summed E-state index contributed by atoms with van der Waals surface area (Å²) in [5.41, 5.74) is -1.52. The fourth-order valence-corrected chi connectivity index (χ4v) is 3.51. The highest BCUT2D eigenvalue weighted by Gasteiger charge is 2.63. The zero-order valence-corrected chi connectivity index (χ0v) is 12.7. The van der Waals surface area contributed by atoms with Crippen molar-refractivity contribution < 1.29 is 17.9 Å². The van der Waals surface area contributed by atoms with Gasteiger partial charge < -0.3 is 4.74 Å². The van der Waals surface area contributed by atoms with E-state index in [1.54, 1.807) is 6.92 Å². The molecule has 0 aromatic rings. The smallest absolute Gasteiger partial charge is 0.363 e. The van der Waals surface area contributed by atoms with Crippen LogP contribution in [0.15, 0.2) is 0 Å². The van der Waals surface area contributed by atoms with E-state index in [1.165, 1.54) is 0 Å². The second kappa shape index (κ2) is 5.48. The summed E-state index contributed by atoms with van der Waals surface area (Å²) in [4.78, 5) is 1.97. The Kier molecular flexibility index (Phi) is 4.41. The average Bonchev–Trinajstić information content (AvgIpc) is 2.33. The maximum absolute atomic E-state index is 13.1. The molecule has 0 aromatic heterocycles. The quantitative estimate of drug-likeness (QED) is 0.777. The molecule has 1 saturated heterocycles. The Morgan fingerprint density at radius 1 is 1.15 bits per heavy atom. The third-order valence-corrected chi connectivity index (χ3v) is 5.39. The van der Waals surface area contributed by atoms with Crippen LogP contribution in [0.1, 0.15) is 52.9 Å². The van der Waals surface area contributed by atoms with Crippen molar-refractivity contribution in [2.45, 2.75) is 70.7 Å². The fraction of sp³-hybridized carbons (Fsp3) is 1.00. The average molecular weight is 293 g/mol. The molecule has 1 aliphatic carbocycles. The molecule has 5 heteroatoms. The van der Waals surface area contributed by atoms with Gasteiger partial charge in [-0.3, -0.25) is 4.90 Å². The van der Waals surface area contributed by atoms with Gasteiger partial charge in [-0.25, -0.2) is 0 Å². The molecule has 0 bridgehead atoms. The van der Waals surface area contributed by atoms with Crippen LogP contribution in [0.2, 0.25) is 0 Å². The first kappa shape index (κ1) is 16.1. The van der Waals surface area contributed by atoms with Gasteiger partial charge in [0.25, 0.3) is 0 Å². The Bertz CT molecular complexity index is 329. The van der Waals surface area contributed by atoms with E-state index in [4.69, 9.17) is 4.74 Å². The number of hydrogen-bond acceptors (Lipinski definition) is 2. The van der Waals surface area contributed by atoms with Gasteiger partial charge in [-0.15, -0.1) is 0 Å². The summed E-state index contributed by atoms with van der Waals surface area (Å²) in [6.07, 6.45) is 1.18. The Balaban J connectivity index is 1.90. The minimum atomic E-state index is -4.26. The Morgan fingerprint density at radius 2 is 1.70 bits per heavy atom. The van der Waals surface area contributed by atoms with E-state index in [9.17, 15) is 13.2 Å². The van der Waals surface area contributed by atoms with E-state index in [0.29, 0.717) is 11.5 Å². The van der Waals surface area contributed by atoms with E-state index in [2.05, 4.69) is 13.8 Å². The van der Waals surface area contributed by atoms with Crippen LogP contribution in [-0.2, 0) is 4.74 Å². The maximum atomic E-state index is 13.1. The number of hydrogen-bond donors (Lipinski definition) is 0. The molecule has 2 rings (SSSR count). The lowest BCUT2D eigenvalue weighted by molar-refractivity contribution is -0.322. The third kappa shape index (κ3) is 2.84. The van der Waals surface area contributed by atoms with Crippen molar-refractivity contribution in [2.75, 3.05) is 19.7 Å². The lowest BCUT2D eigenvalue weighted by Crippen LogP contribution is -2.72. The largest absolute Gasteiger partial charge is 0.419 e. The van der Waals surface area contributed by atoms with Gasteiger partial charge in [-0.2, -0.15) is 13.2 Å². The number of alkyl halides is 3. The molecule has 0 aromatic carbocycles. The first-order valence-corrected chi connectivity index (χ1v) is 7.70. The number of ether oxygens (including phenoxy) is 1. The summed E-state index contributed by atoms with van der Waals surface area (Å²) in [6.45, 7) is 6.26. The summed E-state index contributed by atoms with van der Waals surface area (Å²) in [5, 5.41) is 0. The van der Waals surface area contributed by atoms with Crippen molar-refractivity contribution in [3.05, 3.63) is 0 Å². The van der Waals surface area contributed by atoms with Gasteiger partial charge in [-0.1, -0.05) is 20.3 Å². The maximum Gasteiger partial charge on any atom is 0.419 e. The zero-order valence-electron chi connectivity index (χ0n) is 12.7. The third-order valence-electron chi connectivity index (χ3n) is 5.39. The van der Waals surface area contributed by atoms with E-state index in [1.807, 2.05) is 4.90 Å². The van der Waals surface area contributed by atoms with Crippen molar-refractivity contribution in [1.82, 2.24) is 4.90 Å². The van der Waals surface area contributed by atoms with E-state index >= 15 is 0 Å². The highest BCUT2D eigenvalue weighted by atomic mass is 19.4. The molecule has 1 aliphatic heterocycles. The fourth-order valence-electron chi connectivity index (χ4n) is 3.51. The van der Waals surface area contributed by atoms with Crippen LogP contribution < -0.4 is 0 Å². The lowest BCUT2D eigenvalue weighted by Gasteiger charge is -2.54. The number of rotatable bonds is 4. The van der Waals surface area contributed by atoms with Crippen LogP contribution >= 0.6 is 0 Å². The SMILES string of the molecule is CCOC1(C(F)(F)F)CN(C2CCC(C)(CC)CC2)C1. The number of nitrogens with zero attached hydrogens (tertiary/aromatic N) is 1. The summed E-state index contributed by atoms with van der Waals surface area (Å²) in [7, 11) is 0. The van der Waals surface area contributed by atoms with Gasteiger partial charge in [0.1, 0.15) is 0 Å². The second-order valence-corrected chi connectivity index (χ2v) is 6.73. The minimum absolute atomic E-state index is 0.0118. The molecule has 0 radical (unpaired) electrons. The molecule has 20 heavy (non-hydrogen) atoms. The number of likely N-dealkylation sites (tertiary alicyclic amines) is 1. The van der Waals surface area contributed by atoms with Gasteiger partial charge in [-0.05, 0) is 38.0 Å². The minimum Gasteiger partial charge on any atom is -0.363 e. The first-order valence-electron chi connectivity index (χ1n) is 7.70. The normalized spacial score (nSPS) is 34.8. The molecule has 2 aliphatic rings. The summed E-state index contributed by atoms with van der Waals surface area (Å²) < 4.78 is 44.4. The predicted molar refractivity (Wildman–Crippen MR) is 72.6 cm³/mol. The molecule has 0 spiro atoms. The second-order valence-electron chi connectivity index (χ2n) is 6.73. The van der Waals surface area contributed by atoms with E-state index in [-0.39, 0.29) is 19.7 Å². The molecule has 0 unspecified atom stereocenters. The van der Waals surface area contributed by atoms with Crippen LogP contribution in [0.5, 0.6) is 0 Å². The number of halogens is 3. The highest BCUT2D eigenvalue weighted by Crippen LogP contribution is 2.46. The topological polar surface area (TPSA) is 12.5 Å². The van der Waals surface area contributed by atoms with Gasteiger partial charge in [0.05, 0.1) is 0 Å². The van der Waals surface area contributed by atoms with Crippen molar-refractivity contribution in [2.24, 2.45) is 5.41 Å². The molecule has 0 N–H and O–H groups in total. The molecule has 2 fully saturated rings. The molecule has 2 nitrogen and oxygen atoms in total. The van der Waals surface area contributed by atoms with Gasteiger partial charge in [0.2, 0.25) is 0 Å². The molecule has 0 atom stereocenters. The first-order chi connectivity index (χ1) is 9.25. The molecular formula is C15H26F3NO. The highest BCUT2D eigenvalue weighted by molar-refractivity contribution is 5.05. The van der Waals surface area contributed by atoms with Gasteiger partial charge >= 0.3 is 6.18 Å². The van der Waals surface area contributed by atoms with Crippen molar-refractivity contribution in [3.63, 3.8) is 0 Å². The molecule has 118 valence electrons. The van der Waals surface area contributed by atoms with Crippen molar-refractivity contribution >= 4 is 0 Å². The Morgan fingerprint density at radius 3 is 2.10 bits per heavy atom. The van der Waals surface area contributed by atoms with Crippen molar-refractivity contribution in [3.8, 4) is 0 Å². The van der Waals surface area contributed by atoms with Crippen LogP contribution in [0.3, 0.4) is 0 Å². The monoisotopic (exact) mass is 293 g/mol. The van der Waals surface area contributed by atoms with Crippen LogP contribution in [0.25, 0.3) is 0 Å². The Labute approximate surface area is 119 Å². The Hall–Kier alpha value is -0.290. The van der Waals surface area contributed by atoms with Gasteiger partial charge in [0.15, 0.2) is 5.60 Å². The molecule has 0 amide bonds. The summed E-state index contributed by atoms with van der Waals surface area (Å²) in [5.74, 6) is 0. The predicted octanol–water partition coefficient (Wildman–Crippen LogP) is 4.00. The molecule has 1 heterocycles.